The van der Waals surface area contributed by atoms with Crippen molar-refractivity contribution in [2.24, 2.45) is 5.73 Å². The number of ether oxygens (including phenoxy) is 1. The third kappa shape index (κ3) is 2.51. The van der Waals surface area contributed by atoms with Crippen molar-refractivity contribution in [1.82, 2.24) is 0 Å². The molecule has 0 aliphatic heterocycles. The number of aliphatic carboxylic acids is 1. The summed E-state index contributed by atoms with van der Waals surface area (Å²) >= 11 is 3.09. The number of rotatable bonds is 4. The molecular formula is C10H11BrFNO3. The quantitative estimate of drug-likeness (QED) is 0.886. The Balaban J connectivity index is 3.34. The first-order chi connectivity index (χ1) is 7.51. The summed E-state index contributed by atoms with van der Waals surface area (Å²) in [5.74, 6) is -2.80. The van der Waals surface area contributed by atoms with Crippen molar-refractivity contribution in [3.63, 3.8) is 0 Å². The van der Waals surface area contributed by atoms with Crippen LogP contribution in [0.2, 0.25) is 0 Å². The van der Waals surface area contributed by atoms with Gasteiger partial charge in [0.1, 0.15) is 0 Å². The Hall–Kier alpha value is -1.14. The van der Waals surface area contributed by atoms with Crippen LogP contribution >= 0.6 is 15.9 Å². The van der Waals surface area contributed by atoms with Crippen LogP contribution in [0.1, 0.15) is 11.5 Å². The Bertz CT molecular complexity index is 411. The fourth-order valence-corrected chi connectivity index (χ4v) is 1.86. The predicted molar refractivity (Wildman–Crippen MR) is 60.1 cm³/mol. The Morgan fingerprint density at radius 3 is 2.75 bits per heavy atom. The average Bonchev–Trinajstić information content (AvgIpc) is 2.17. The average molecular weight is 292 g/mol. The standard InChI is InChI=1S/C10H11BrFNO3/c1-16-9-6(7(4-13)10(14)15)2-5(11)3-8(9)12/h2-3,7H,4,13H2,1H3,(H,14,15). The first kappa shape index (κ1) is 12.9. The second kappa shape index (κ2) is 5.27. The molecule has 1 atom stereocenters. The molecule has 0 bridgehead atoms. The molecule has 0 radical (unpaired) electrons. The molecule has 0 aliphatic rings. The summed E-state index contributed by atoms with van der Waals surface area (Å²) in [6.07, 6.45) is 0. The number of halogens is 2. The number of benzene rings is 1. The lowest BCUT2D eigenvalue weighted by Gasteiger charge is -2.15. The van der Waals surface area contributed by atoms with Crippen LogP contribution in [0.3, 0.4) is 0 Å². The van der Waals surface area contributed by atoms with Crippen molar-refractivity contribution >= 4 is 21.9 Å². The van der Waals surface area contributed by atoms with Crippen molar-refractivity contribution in [3.05, 3.63) is 28.0 Å². The zero-order chi connectivity index (χ0) is 12.3. The van der Waals surface area contributed by atoms with E-state index in [0.29, 0.717) is 4.47 Å². The summed E-state index contributed by atoms with van der Waals surface area (Å²) in [4.78, 5) is 10.9. The van der Waals surface area contributed by atoms with Crippen molar-refractivity contribution < 1.29 is 19.0 Å². The molecule has 88 valence electrons. The van der Waals surface area contributed by atoms with E-state index in [1.54, 1.807) is 0 Å². The summed E-state index contributed by atoms with van der Waals surface area (Å²) in [7, 11) is 1.28. The molecule has 1 aromatic carbocycles. The van der Waals surface area contributed by atoms with E-state index in [0.717, 1.165) is 0 Å². The third-order valence-corrected chi connectivity index (χ3v) is 2.61. The first-order valence-electron chi connectivity index (χ1n) is 4.47. The molecule has 1 aromatic rings. The van der Waals surface area contributed by atoms with Gasteiger partial charge in [0.25, 0.3) is 0 Å². The van der Waals surface area contributed by atoms with Gasteiger partial charge in [0.2, 0.25) is 0 Å². The lowest BCUT2D eigenvalue weighted by molar-refractivity contribution is -0.138. The van der Waals surface area contributed by atoms with Gasteiger partial charge in [-0.3, -0.25) is 4.79 Å². The van der Waals surface area contributed by atoms with E-state index in [-0.39, 0.29) is 17.9 Å². The fourth-order valence-electron chi connectivity index (χ4n) is 1.42. The zero-order valence-electron chi connectivity index (χ0n) is 8.54. The maximum atomic E-state index is 13.5. The Kier molecular flexibility index (Phi) is 4.26. The highest BCUT2D eigenvalue weighted by atomic mass is 79.9. The molecule has 16 heavy (non-hydrogen) atoms. The van der Waals surface area contributed by atoms with Gasteiger partial charge in [-0.25, -0.2) is 4.39 Å². The molecule has 0 spiro atoms. The maximum absolute atomic E-state index is 13.5. The van der Waals surface area contributed by atoms with Crippen molar-refractivity contribution in [2.45, 2.75) is 5.92 Å². The van der Waals surface area contributed by atoms with E-state index in [1.807, 2.05) is 0 Å². The molecule has 4 nitrogen and oxygen atoms in total. The van der Waals surface area contributed by atoms with E-state index >= 15 is 0 Å². The van der Waals surface area contributed by atoms with Crippen molar-refractivity contribution in [1.29, 1.82) is 0 Å². The minimum atomic E-state index is -1.11. The lowest BCUT2D eigenvalue weighted by atomic mass is 9.98. The molecule has 3 N–H and O–H groups in total. The van der Waals surface area contributed by atoms with Gasteiger partial charge in [-0.15, -0.1) is 0 Å². The predicted octanol–water partition coefficient (Wildman–Crippen LogP) is 1.72. The first-order valence-corrected chi connectivity index (χ1v) is 5.26. The van der Waals surface area contributed by atoms with Crippen LogP contribution in [0, 0.1) is 5.82 Å². The van der Waals surface area contributed by atoms with Gasteiger partial charge in [0, 0.05) is 16.6 Å². The Labute approximate surface area is 100 Å². The summed E-state index contributed by atoms with van der Waals surface area (Å²) in [5.41, 5.74) is 5.58. The van der Waals surface area contributed by atoms with E-state index in [4.69, 9.17) is 15.6 Å². The normalized spacial score (nSPS) is 12.2. The second-order valence-corrected chi connectivity index (χ2v) is 4.05. The number of carbonyl (C=O) groups is 1. The highest BCUT2D eigenvalue weighted by Gasteiger charge is 2.24. The highest BCUT2D eigenvalue weighted by molar-refractivity contribution is 9.10. The van der Waals surface area contributed by atoms with Crippen LogP contribution < -0.4 is 10.5 Å². The fraction of sp³-hybridized carbons (Fsp3) is 0.300. The van der Waals surface area contributed by atoms with Gasteiger partial charge in [-0.1, -0.05) is 15.9 Å². The van der Waals surface area contributed by atoms with Crippen LogP contribution in [-0.2, 0) is 4.79 Å². The molecule has 0 aliphatic carbocycles. The van der Waals surface area contributed by atoms with E-state index in [2.05, 4.69) is 15.9 Å². The molecular weight excluding hydrogens is 281 g/mol. The van der Waals surface area contributed by atoms with Crippen LogP contribution in [-0.4, -0.2) is 24.7 Å². The maximum Gasteiger partial charge on any atom is 0.312 e. The largest absolute Gasteiger partial charge is 0.493 e. The third-order valence-electron chi connectivity index (χ3n) is 2.15. The Morgan fingerprint density at radius 1 is 1.69 bits per heavy atom. The zero-order valence-corrected chi connectivity index (χ0v) is 10.1. The van der Waals surface area contributed by atoms with Crippen LogP contribution in [0.5, 0.6) is 5.75 Å². The van der Waals surface area contributed by atoms with Crippen LogP contribution in [0.4, 0.5) is 4.39 Å². The Morgan fingerprint density at radius 2 is 2.31 bits per heavy atom. The molecule has 6 heteroatoms. The molecule has 0 aromatic heterocycles. The van der Waals surface area contributed by atoms with Crippen LogP contribution in [0.25, 0.3) is 0 Å². The summed E-state index contributed by atoms with van der Waals surface area (Å²) in [6, 6.07) is 2.70. The van der Waals surface area contributed by atoms with Gasteiger partial charge >= 0.3 is 5.97 Å². The van der Waals surface area contributed by atoms with E-state index < -0.39 is 17.7 Å². The lowest BCUT2D eigenvalue weighted by Crippen LogP contribution is -2.22. The van der Waals surface area contributed by atoms with Crippen molar-refractivity contribution in [3.8, 4) is 5.75 Å². The molecule has 0 amide bonds. The summed E-state index contributed by atoms with van der Waals surface area (Å²) in [6.45, 7) is -0.123. The van der Waals surface area contributed by atoms with Gasteiger partial charge in [-0.05, 0) is 12.1 Å². The minimum Gasteiger partial charge on any atom is -0.493 e. The van der Waals surface area contributed by atoms with Gasteiger partial charge in [-0.2, -0.15) is 0 Å². The van der Waals surface area contributed by atoms with E-state index in [9.17, 15) is 9.18 Å². The topological polar surface area (TPSA) is 72.5 Å². The number of methoxy groups -OCH3 is 1. The number of nitrogens with two attached hydrogens (primary N) is 1. The molecule has 0 fully saturated rings. The molecule has 0 saturated heterocycles. The number of hydrogen-bond donors (Lipinski definition) is 2. The van der Waals surface area contributed by atoms with E-state index in [1.165, 1.54) is 19.2 Å². The molecule has 1 rings (SSSR count). The summed E-state index contributed by atoms with van der Waals surface area (Å²) < 4.78 is 18.8. The SMILES string of the molecule is COc1c(F)cc(Br)cc1C(CN)C(=O)O. The minimum absolute atomic E-state index is 0.0824. The van der Waals surface area contributed by atoms with Gasteiger partial charge in [0.15, 0.2) is 11.6 Å². The number of carboxylic acid groups (broad SMARTS) is 1. The second-order valence-electron chi connectivity index (χ2n) is 3.14. The molecule has 0 heterocycles. The monoisotopic (exact) mass is 291 g/mol. The number of hydrogen-bond acceptors (Lipinski definition) is 3. The smallest absolute Gasteiger partial charge is 0.312 e. The van der Waals surface area contributed by atoms with Crippen molar-refractivity contribution in [2.75, 3.05) is 13.7 Å². The summed E-state index contributed by atoms with van der Waals surface area (Å²) in [5, 5.41) is 8.96. The van der Waals surface area contributed by atoms with Gasteiger partial charge in [0.05, 0.1) is 13.0 Å². The van der Waals surface area contributed by atoms with Crippen LogP contribution in [0.15, 0.2) is 16.6 Å². The molecule has 1 unspecified atom stereocenters. The highest BCUT2D eigenvalue weighted by Crippen LogP contribution is 2.32. The van der Waals surface area contributed by atoms with Gasteiger partial charge < -0.3 is 15.6 Å². The number of carboxylic acids is 1. The molecule has 0 saturated carbocycles.